The third-order valence-electron chi connectivity index (χ3n) is 9.20. The number of rotatable bonds is 3. The summed E-state index contributed by atoms with van der Waals surface area (Å²) in [5, 5.41) is 26.6. The van der Waals surface area contributed by atoms with Crippen LogP contribution in [0.3, 0.4) is 0 Å². The summed E-state index contributed by atoms with van der Waals surface area (Å²) in [6, 6.07) is 10.0. The highest BCUT2D eigenvalue weighted by Crippen LogP contribution is 2.45. The van der Waals surface area contributed by atoms with Crippen molar-refractivity contribution >= 4 is 17.8 Å². The van der Waals surface area contributed by atoms with Crippen molar-refractivity contribution in [2.24, 2.45) is 17.3 Å². The van der Waals surface area contributed by atoms with Gasteiger partial charge in [0.25, 0.3) is 0 Å². The lowest BCUT2D eigenvalue weighted by Gasteiger charge is -2.34. The molecule has 1 aromatic carbocycles. The summed E-state index contributed by atoms with van der Waals surface area (Å²) in [6.07, 6.45) is 3.64. The molecule has 41 heavy (non-hydrogen) atoms. The van der Waals surface area contributed by atoms with Crippen LogP contribution in [0.2, 0.25) is 0 Å². The first kappa shape index (κ1) is 31.1. The zero-order chi connectivity index (χ0) is 30.1. The van der Waals surface area contributed by atoms with E-state index in [9.17, 15) is 19.8 Å². The molecule has 0 bridgehead atoms. The van der Waals surface area contributed by atoms with Crippen molar-refractivity contribution in [3.05, 3.63) is 53.4 Å². The largest absolute Gasteiger partial charge is 0.458 e. The van der Waals surface area contributed by atoms with Gasteiger partial charge in [0.05, 0.1) is 47.1 Å². The third kappa shape index (κ3) is 7.16. The predicted octanol–water partition coefficient (Wildman–Crippen LogP) is 5.21. The van der Waals surface area contributed by atoms with Crippen LogP contribution in [0.1, 0.15) is 84.9 Å². The average molecular weight is 567 g/mol. The number of aryl methyl sites for hydroxylation is 1. The highest BCUT2D eigenvalue weighted by Gasteiger charge is 2.53. The SMILES string of the molecule is C/C(=C\c1ccn(-c2ccc(C)cc2)n1)[C@@H]1C[C@@H]2O[C@]2(C)CCC[C@H](C)[C@H](O)[C@@H](C)C(=O)C(C)(C)[C@@H](O)CC(=O)O1. The topological polar surface area (TPSA) is 114 Å². The molecule has 1 aromatic heterocycles. The lowest BCUT2D eigenvalue weighted by atomic mass is 9.73. The number of benzene rings is 1. The molecule has 0 saturated carbocycles. The van der Waals surface area contributed by atoms with Crippen LogP contribution in [-0.2, 0) is 19.1 Å². The number of ketones is 1. The van der Waals surface area contributed by atoms with Crippen LogP contribution in [-0.4, -0.2) is 61.8 Å². The van der Waals surface area contributed by atoms with E-state index in [0.29, 0.717) is 6.42 Å². The highest BCUT2D eigenvalue weighted by molar-refractivity contribution is 5.88. The molecule has 8 nitrogen and oxygen atoms in total. The van der Waals surface area contributed by atoms with Crippen LogP contribution in [0.25, 0.3) is 11.8 Å². The number of aliphatic hydroxyl groups excluding tert-OH is 2. The van der Waals surface area contributed by atoms with Gasteiger partial charge in [-0.2, -0.15) is 5.10 Å². The Labute approximate surface area is 243 Å². The second-order valence-corrected chi connectivity index (χ2v) is 13.0. The van der Waals surface area contributed by atoms with Crippen molar-refractivity contribution in [2.45, 2.75) is 111 Å². The summed E-state index contributed by atoms with van der Waals surface area (Å²) in [4.78, 5) is 26.5. The molecule has 0 spiro atoms. The number of Topliss-reactive ketones (excluding diaryl/α,β-unsaturated/α-hetero) is 1. The van der Waals surface area contributed by atoms with E-state index in [1.54, 1.807) is 25.5 Å². The van der Waals surface area contributed by atoms with Gasteiger partial charge >= 0.3 is 5.97 Å². The number of hydrogen-bond donors (Lipinski definition) is 2. The fourth-order valence-corrected chi connectivity index (χ4v) is 5.88. The van der Waals surface area contributed by atoms with Crippen LogP contribution in [0.5, 0.6) is 0 Å². The van der Waals surface area contributed by atoms with Crippen LogP contribution >= 0.6 is 0 Å². The highest BCUT2D eigenvalue weighted by atomic mass is 16.6. The monoisotopic (exact) mass is 566 g/mol. The summed E-state index contributed by atoms with van der Waals surface area (Å²) >= 11 is 0. The lowest BCUT2D eigenvalue weighted by molar-refractivity contribution is -0.154. The maximum atomic E-state index is 13.3. The van der Waals surface area contributed by atoms with Gasteiger partial charge < -0.3 is 19.7 Å². The molecule has 2 saturated heterocycles. The van der Waals surface area contributed by atoms with Gasteiger partial charge in [0, 0.05) is 18.5 Å². The minimum absolute atomic E-state index is 0.0798. The molecule has 2 aromatic rings. The maximum Gasteiger partial charge on any atom is 0.309 e. The number of esters is 1. The van der Waals surface area contributed by atoms with E-state index in [1.165, 1.54) is 5.56 Å². The third-order valence-corrected chi connectivity index (χ3v) is 9.20. The molecular formula is C33H46N2O6. The summed E-state index contributed by atoms with van der Waals surface area (Å²) < 4.78 is 13.9. The van der Waals surface area contributed by atoms with E-state index in [4.69, 9.17) is 9.47 Å². The number of cyclic esters (lactones) is 1. The van der Waals surface area contributed by atoms with E-state index < -0.39 is 35.6 Å². The van der Waals surface area contributed by atoms with Crippen molar-refractivity contribution < 1.29 is 29.3 Å². The summed E-state index contributed by atoms with van der Waals surface area (Å²) in [7, 11) is 0. The zero-order valence-electron chi connectivity index (χ0n) is 25.5. The van der Waals surface area contributed by atoms with Crippen molar-refractivity contribution in [2.75, 3.05) is 0 Å². The summed E-state index contributed by atoms with van der Waals surface area (Å²) in [5.74, 6) is -1.61. The Hall–Kier alpha value is -2.81. The Morgan fingerprint density at radius 3 is 2.46 bits per heavy atom. The Kier molecular flexibility index (Phi) is 9.26. The van der Waals surface area contributed by atoms with Crippen LogP contribution < -0.4 is 0 Å². The first-order chi connectivity index (χ1) is 19.2. The Morgan fingerprint density at radius 1 is 1.10 bits per heavy atom. The summed E-state index contributed by atoms with van der Waals surface area (Å²) in [5.41, 5.74) is 2.13. The fourth-order valence-electron chi connectivity index (χ4n) is 5.88. The zero-order valence-corrected chi connectivity index (χ0v) is 25.5. The molecule has 4 rings (SSSR count). The number of epoxide rings is 1. The molecule has 3 heterocycles. The standard InChI is InChI=1S/C33H46N2O6/c1-20-10-12-25(13-11-20)35-16-14-24(34-35)17-22(3)26-18-28-33(7,41-28)15-8-9-21(2)30(38)23(4)31(39)32(5,6)27(36)19-29(37)40-26/h10-14,16-17,21,23,26-28,30,36,38H,8-9,15,18-19H2,1-7H3/b22-17+/t21-,23+,26-,27-,28-,30-,33+/m0/s1. The molecule has 0 amide bonds. The molecule has 2 aliphatic rings. The molecule has 2 N–H and O–H groups in total. The van der Waals surface area contributed by atoms with Gasteiger partial charge in [-0.3, -0.25) is 9.59 Å². The van der Waals surface area contributed by atoms with Gasteiger partial charge in [-0.15, -0.1) is 0 Å². The van der Waals surface area contributed by atoms with Gasteiger partial charge in [0.15, 0.2) is 0 Å². The number of carbonyl (C=O) groups is 2. The van der Waals surface area contributed by atoms with Crippen LogP contribution in [0.15, 0.2) is 42.1 Å². The number of fused-ring (bicyclic) bond motifs is 1. The van der Waals surface area contributed by atoms with E-state index in [1.807, 2.05) is 63.4 Å². The van der Waals surface area contributed by atoms with Gasteiger partial charge in [0.2, 0.25) is 0 Å². The minimum Gasteiger partial charge on any atom is -0.458 e. The second kappa shape index (κ2) is 12.2. The quantitative estimate of drug-likeness (QED) is 0.387. The second-order valence-electron chi connectivity index (χ2n) is 13.0. The van der Waals surface area contributed by atoms with E-state index >= 15 is 0 Å². The van der Waals surface area contributed by atoms with E-state index in [-0.39, 0.29) is 29.8 Å². The van der Waals surface area contributed by atoms with Crippen molar-refractivity contribution in [3.63, 3.8) is 0 Å². The van der Waals surface area contributed by atoms with Gasteiger partial charge in [-0.1, -0.05) is 51.8 Å². The average Bonchev–Trinajstić information content (AvgIpc) is 3.31. The van der Waals surface area contributed by atoms with Crippen molar-refractivity contribution in [1.29, 1.82) is 0 Å². The minimum atomic E-state index is -1.25. The molecule has 8 heteroatoms. The molecule has 0 aliphatic carbocycles. The number of ether oxygens (including phenoxy) is 2. The smallest absolute Gasteiger partial charge is 0.309 e. The molecular weight excluding hydrogens is 520 g/mol. The normalized spacial score (nSPS) is 33.6. The molecule has 224 valence electrons. The van der Waals surface area contributed by atoms with Crippen LogP contribution in [0, 0.1) is 24.2 Å². The first-order valence-corrected chi connectivity index (χ1v) is 14.8. The van der Waals surface area contributed by atoms with E-state index in [2.05, 4.69) is 12.0 Å². The molecule has 0 radical (unpaired) electrons. The van der Waals surface area contributed by atoms with E-state index in [0.717, 1.165) is 36.2 Å². The van der Waals surface area contributed by atoms with Crippen LogP contribution in [0.4, 0.5) is 0 Å². The van der Waals surface area contributed by atoms with Gasteiger partial charge in [-0.25, -0.2) is 4.68 Å². The molecule has 7 atom stereocenters. The first-order valence-electron chi connectivity index (χ1n) is 14.8. The predicted molar refractivity (Wildman–Crippen MR) is 157 cm³/mol. The maximum absolute atomic E-state index is 13.3. The number of aromatic nitrogens is 2. The lowest BCUT2D eigenvalue weighted by Crippen LogP contribution is -2.45. The van der Waals surface area contributed by atoms with Gasteiger partial charge in [0.1, 0.15) is 11.9 Å². The molecule has 2 aliphatic heterocycles. The van der Waals surface area contributed by atoms with Crippen molar-refractivity contribution in [1.82, 2.24) is 9.78 Å². The number of carbonyl (C=O) groups excluding carboxylic acids is 2. The Morgan fingerprint density at radius 2 is 1.78 bits per heavy atom. The number of nitrogens with zero attached hydrogens (tertiary/aromatic N) is 2. The van der Waals surface area contributed by atoms with Crippen molar-refractivity contribution in [3.8, 4) is 5.69 Å². The summed E-state index contributed by atoms with van der Waals surface area (Å²) in [6.45, 7) is 12.9. The molecule has 0 unspecified atom stereocenters. The number of hydrogen-bond acceptors (Lipinski definition) is 7. The molecule has 2 fully saturated rings. The Balaban J connectivity index is 1.57. The fraction of sp³-hybridized carbons (Fsp3) is 0.606. The van der Waals surface area contributed by atoms with Gasteiger partial charge in [-0.05, 0) is 69.4 Å². The Bertz CT molecular complexity index is 1260. The number of aliphatic hydroxyl groups is 2.